The zero-order chi connectivity index (χ0) is 19.1. The molecular weight excluding hydrogens is 367 g/mol. The number of halogens is 1. The third kappa shape index (κ3) is 5.78. The molecule has 0 aromatic carbocycles. The van der Waals surface area contributed by atoms with E-state index in [1.54, 1.807) is 30.5 Å². The van der Waals surface area contributed by atoms with E-state index in [2.05, 4.69) is 25.5 Å². The lowest BCUT2D eigenvalue weighted by Gasteiger charge is -2.07. The first-order chi connectivity index (χ1) is 13.1. The number of nitrogens with one attached hydrogen (secondary N) is 1. The molecule has 0 saturated carbocycles. The SMILES string of the molecule is Nc1nnc(CCCCc2ccc(NC(=O)Cc3ccccn3)nc2F)s1. The number of hydrogen-bond acceptors (Lipinski definition) is 7. The maximum atomic E-state index is 14.2. The van der Waals surface area contributed by atoms with Crippen molar-refractivity contribution < 1.29 is 9.18 Å². The number of pyridine rings is 2. The summed E-state index contributed by atoms with van der Waals surface area (Å²) >= 11 is 1.37. The van der Waals surface area contributed by atoms with Crippen molar-refractivity contribution in [2.24, 2.45) is 0 Å². The van der Waals surface area contributed by atoms with Crippen molar-refractivity contribution in [3.05, 3.63) is 58.7 Å². The molecule has 27 heavy (non-hydrogen) atoms. The minimum atomic E-state index is -0.564. The number of carbonyl (C=O) groups is 1. The second-order valence-electron chi connectivity index (χ2n) is 5.93. The molecular formula is C18H19FN6OS. The Hall–Kier alpha value is -2.94. The van der Waals surface area contributed by atoms with Crippen LogP contribution in [0.1, 0.15) is 29.1 Å². The van der Waals surface area contributed by atoms with Crippen LogP contribution in [0.15, 0.2) is 36.5 Å². The first kappa shape index (κ1) is 18.8. The van der Waals surface area contributed by atoms with Gasteiger partial charge in [-0.3, -0.25) is 9.78 Å². The molecule has 3 aromatic rings. The Labute approximate surface area is 159 Å². The molecule has 0 radical (unpaired) electrons. The zero-order valence-electron chi connectivity index (χ0n) is 14.6. The standard InChI is InChI=1S/C18H19FN6OS/c19-17-12(5-1-2-7-16-24-25-18(20)27-16)8-9-14(23-17)22-15(26)11-13-6-3-4-10-21-13/h3-4,6,8-10H,1-2,5,7,11H2,(H2,20,25)(H,22,23,26). The first-order valence-corrected chi connectivity index (χ1v) is 9.35. The molecule has 7 nitrogen and oxygen atoms in total. The predicted octanol–water partition coefficient (Wildman–Crippen LogP) is 2.80. The Morgan fingerprint density at radius 2 is 2.00 bits per heavy atom. The van der Waals surface area contributed by atoms with Crippen molar-refractivity contribution >= 4 is 28.2 Å². The van der Waals surface area contributed by atoms with E-state index in [1.165, 1.54) is 11.3 Å². The Morgan fingerprint density at radius 3 is 2.70 bits per heavy atom. The summed E-state index contributed by atoms with van der Waals surface area (Å²) in [6.45, 7) is 0. The molecule has 0 saturated heterocycles. The van der Waals surface area contributed by atoms with Crippen LogP contribution in [-0.4, -0.2) is 26.1 Å². The number of aryl methyl sites for hydroxylation is 2. The second kappa shape index (κ2) is 9.13. The highest BCUT2D eigenvalue weighted by Gasteiger charge is 2.10. The molecule has 0 spiro atoms. The van der Waals surface area contributed by atoms with Crippen molar-refractivity contribution in [3.8, 4) is 0 Å². The molecule has 0 fully saturated rings. The summed E-state index contributed by atoms with van der Waals surface area (Å²) in [5.74, 6) is -0.656. The van der Waals surface area contributed by atoms with Gasteiger partial charge in [0.15, 0.2) is 0 Å². The van der Waals surface area contributed by atoms with E-state index >= 15 is 0 Å². The third-order valence-electron chi connectivity index (χ3n) is 3.83. The fourth-order valence-corrected chi connectivity index (χ4v) is 3.18. The fourth-order valence-electron chi connectivity index (χ4n) is 2.53. The normalized spacial score (nSPS) is 10.7. The Bertz CT molecular complexity index is 902. The summed E-state index contributed by atoms with van der Waals surface area (Å²) in [6, 6.07) is 8.61. The number of nitrogen functional groups attached to an aromatic ring is 1. The zero-order valence-corrected chi connectivity index (χ0v) is 15.4. The molecule has 3 rings (SSSR count). The Morgan fingerprint density at radius 1 is 1.15 bits per heavy atom. The number of nitrogens with zero attached hydrogens (tertiary/aromatic N) is 4. The van der Waals surface area contributed by atoms with Gasteiger partial charge in [-0.15, -0.1) is 10.2 Å². The van der Waals surface area contributed by atoms with Gasteiger partial charge in [0.25, 0.3) is 0 Å². The average molecular weight is 386 g/mol. The lowest BCUT2D eigenvalue weighted by molar-refractivity contribution is -0.115. The monoisotopic (exact) mass is 386 g/mol. The van der Waals surface area contributed by atoms with Crippen molar-refractivity contribution in [3.63, 3.8) is 0 Å². The number of hydrogen-bond donors (Lipinski definition) is 2. The number of nitrogens with two attached hydrogens (primary N) is 1. The van der Waals surface area contributed by atoms with Gasteiger partial charge < -0.3 is 11.1 Å². The number of rotatable bonds is 8. The van der Waals surface area contributed by atoms with Crippen LogP contribution in [0.5, 0.6) is 0 Å². The summed E-state index contributed by atoms with van der Waals surface area (Å²) in [5.41, 5.74) is 6.70. The van der Waals surface area contributed by atoms with Gasteiger partial charge in [-0.1, -0.05) is 23.5 Å². The predicted molar refractivity (Wildman–Crippen MR) is 102 cm³/mol. The van der Waals surface area contributed by atoms with Crippen molar-refractivity contribution in [2.75, 3.05) is 11.1 Å². The number of anilines is 2. The van der Waals surface area contributed by atoms with E-state index in [-0.39, 0.29) is 18.1 Å². The van der Waals surface area contributed by atoms with Gasteiger partial charge in [-0.2, -0.15) is 4.39 Å². The highest BCUT2D eigenvalue weighted by Crippen LogP contribution is 2.16. The quantitative estimate of drug-likeness (QED) is 0.455. The minimum Gasteiger partial charge on any atom is -0.374 e. The lowest BCUT2D eigenvalue weighted by Crippen LogP contribution is -2.16. The Kier molecular flexibility index (Phi) is 6.37. The van der Waals surface area contributed by atoms with Crippen LogP contribution in [0.25, 0.3) is 0 Å². The molecule has 0 aliphatic rings. The lowest BCUT2D eigenvalue weighted by atomic mass is 10.1. The van der Waals surface area contributed by atoms with Gasteiger partial charge in [-0.05, 0) is 37.5 Å². The van der Waals surface area contributed by atoms with Gasteiger partial charge in [-0.25, -0.2) is 4.98 Å². The molecule has 3 aromatic heterocycles. The van der Waals surface area contributed by atoms with E-state index in [0.29, 0.717) is 22.8 Å². The maximum Gasteiger partial charge on any atom is 0.231 e. The Balaban J connectivity index is 1.47. The largest absolute Gasteiger partial charge is 0.374 e. The summed E-state index contributed by atoms with van der Waals surface area (Å²) in [4.78, 5) is 19.9. The van der Waals surface area contributed by atoms with Crippen molar-refractivity contribution in [1.82, 2.24) is 20.2 Å². The summed E-state index contributed by atoms with van der Waals surface area (Å²) in [5, 5.41) is 11.7. The molecule has 1 amide bonds. The van der Waals surface area contributed by atoms with Crippen LogP contribution in [-0.2, 0) is 24.1 Å². The van der Waals surface area contributed by atoms with Gasteiger partial charge in [0.1, 0.15) is 10.8 Å². The van der Waals surface area contributed by atoms with E-state index < -0.39 is 5.95 Å². The molecule has 9 heteroatoms. The van der Waals surface area contributed by atoms with Gasteiger partial charge in [0, 0.05) is 23.9 Å². The number of amides is 1. The van der Waals surface area contributed by atoms with Gasteiger partial charge in [0.05, 0.1) is 6.42 Å². The molecule has 3 N–H and O–H groups in total. The van der Waals surface area contributed by atoms with Crippen molar-refractivity contribution in [1.29, 1.82) is 0 Å². The molecule has 3 heterocycles. The molecule has 0 aliphatic carbocycles. The van der Waals surface area contributed by atoms with E-state index in [4.69, 9.17) is 5.73 Å². The van der Waals surface area contributed by atoms with Crippen LogP contribution < -0.4 is 11.1 Å². The molecule has 0 bridgehead atoms. The smallest absolute Gasteiger partial charge is 0.231 e. The minimum absolute atomic E-state index is 0.113. The van der Waals surface area contributed by atoms with Crippen LogP contribution in [0.4, 0.5) is 15.3 Å². The molecule has 0 aliphatic heterocycles. The number of unbranched alkanes of at least 4 members (excludes halogenated alkanes) is 1. The summed E-state index contributed by atoms with van der Waals surface area (Å²) in [6.07, 6.45) is 4.72. The van der Waals surface area contributed by atoms with Crippen molar-refractivity contribution in [2.45, 2.75) is 32.1 Å². The molecule has 140 valence electrons. The van der Waals surface area contributed by atoms with Crippen LogP contribution in [0.3, 0.4) is 0 Å². The molecule has 0 atom stereocenters. The third-order valence-corrected chi connectivity index (χ3v) is 4.64. The first-order valence-electron chi connectivity index (χ1n) is 8.53. The highest BCUT2D eigenvalue weighted by molar-refractivity contribution is 7.15. The maximum absolute atomic E-state index is 14.2. The summed E-state index contributed by atoms with van der Waals surface area (Å²) < 4.78 is 14.2. The number of aromatic nitrogens is 4. The van der Waals surface area contributed by atoms with E-state index in [0.717, 1.165) is 24.3 Å². The second-order valence-corrected chi connectivity index (χ2v) is 7.03. The van der Waals surface area contributed by atoms with Crippen LogP contribution in [0.2, 0.25) is 0 Å². The van der Waals surface area contributed by atoms with Crippen LogP contribution >= 0.6 is 11.3 Å². The van der Waals surface area contributed by atoms with Gasteiger partial charge >= 0.3 is 0 Å². The molecule has 0 unspecified atom stereocenters. The number of carbonyl (C=O) groups excluding carboxylic acids is 1. The average Bonchev–Trinajstić information content (AvgIpc) is 3.06. The van der Waals surface area contributed by atoms with Crippen LogP contribution in [0, 0.1) is 5.95 Å². The topological polar surface area (TPSA) is 107 Å². The van der Waals surface area contributed by atoms with E-state index in [1.807, 2.05) is 6.07 Å². The fraction of sp³-hybridized carbons (Fsp3) is 0.278. The highest BCUT2D eigenvalue weighted by atomic mass is 32.1. The van der Waals surface area contributed by atoms with E-state index in [9.17, 15) is 9.18 Å². The summed E-state index contributed by atoms with van der Waals surface area (Å²) in [7, 11) is 0. The van der Waals surface area contributed by atoms with Gasteiger partial charge in [0.2, 0.25) is 17.0 Å².